The molecule has 0 unspecified atom stereocenters. The number of ether oxygens (including phenoxy) is 1. The van der Waals surface area contributed by atoms with E-state index in [2.05, 4.69) is 18.8 Å². The molecule has 0 aromatic heterocycles. The quantitative estimate of drug-likeness (QED) is 0.391. The molecule has 92 valence electrons. The van der Waals surface area contributed by atoms with Gasteiger partial charge >= 0.3 is 5.97 Å². The molecule has 1 fully saturated rings. The number of unbranched alkanes of at least 4 members (excludes halogenated alkanes) is 3. The van der Waals surface area contributed by atoms with Crippen LogP contribution in [0.25, 0.3) is 0 Å². The maximum absolute atomic E-state index is 11.7. The Kier molecular flexibility index (Phi) is 5.00. The molecule has 1 saturated carbocycles. The number of esters is 1. The highest BCUT2D eigenvalue weighted by Gasteiger charge is 2.59. The van der Waals surface area contributed by atoms with E-state index in [1.165, 1.54) is 26.4 Å². The third kappa shape index (κ3) is 2.85. The molecule has 0 aromatic rings. The minimum atomic E-state index is -0.456. The lowest BCUT2D eigenvalue weighted by Gasteiger charge is -2.16. The van der Waals surface area contributed by atoms with Crippen molar-refractivity contribution >= 4 is 5.97 Å². The summed E-state index contributed by atoms with van der Waals surface area (Å²) in [7, 11) is 1.45. The average molecular weight is 225 g/mol. The number of carbonyl (C=O) groups is 1. The van der Waals surface area contributed by atoms with Gasteiger partial charge in [-0.05, 0) is 19.4 Å². The topological polar surface area (TPSA) is 38.3 Å². The zero-order valence-electron chi connectivity index (χ0n) is 10.4. The molecule has 0 saturated heterocycles. The first-order valence-corrected chi connectivity index (χ1v) is 6.17. The van der Waals surface area contributed by atoms with E-state index in [9.17, 15) is 4.79 Å². The second kappa shape index (κ2) is 6.04. The first kappa shape index (κ1) is 13.2. The van der Waals surface area contributed by atoms with Crippen molar-refractivity contribution in [3.8, 4) is 0 Å². The van der Waals surface area contributed by atoms with Gasteiger partial charge in [0.25, 0.3) is 0 Å². The lowest BCUT2D eigenvalue weighted by Crippen LogP contribution is -2.42. The lowest BCUT2D eigenvalue weighted by atomic mass is 10.1. The predicted octanol–water partition coefficient (Wildman–Crippen LogP) is 2.27. The van der Waals surface area contributed by atoms with Crippen LogP contribution in [0.1, 0.15) is 39.0 Å². The monoisotopic (exact) mass is 225 g/mol. The zero-order valence-corrected chi connectivity index (χ0v) is 10.4. The molecule has 0 aromatic carbocycles. The second-order valence-corrected chi connectivity index (χ2v) is 4.50. The fraction of sp³-hybridized carbons (Fsp3) is 0.769. The van der Waals surface area contributed by atoms with E-state index >= 15 is 0 Å². The molecule has 0 radical (unpaired) electrons. The summed E-state index contributed by atoms with van der Waals surface area (Å²) in [5.41, 5.74) is -0.456. The zero-order chi connectivity index (χ0) is 12.0. The maximum atomic E-state index is 11.7. The van der Waals surface area contributed by atoms with E-state index in [4.69, 9.17) is 4.74 Å². The van der Waals surface area contributed by atoms with E-state index in [1.807, 2.05) is 6.08 Å². The Bertz CT molecular complexity index is 252. The summed E-state index contributed by atoms with van der Waals surface area (Å²) in [5, 5.41) is 3.33. The summed E-state index contributed by atoms with van der Waals surface area (Å²) in [6.45, 7) is 6.83. The fourth-order valence-electron chi connectivity index (χ4n) is 2.13. The number of hydrogen-bond acceptors (Lipinski definition) is 3. The first-order valence-electron chi connectivity index (χ1n) is 6.17. The Balaban J connectivity index is 2.31. The van der Waals surface area contributed by atoms with Gasteiger partial charge in [-0.1, -0.05) is 32.3 Å². The van der Waals surface area contributed by atoms with Gasteiger partial charge in [0.15, 0.2) is 0 Å². The van der Waals surface area contributed by atoms with Crippen LogP contribution in [0.5, 0.6) is 0 Å². The van der Waals surface area contributed by atoms with E-state index in [-0.39, 0.29) is 11.9 Å². The minimum Gasteiger partial charge on any atom is -0.468 e. The second-order valence-electron chi connectivity index (χ2n) is 4.50. The van der Waals surface area contributed by atoms with Crippen molar-refractivity contribution in [3.63, 3.8) is 0 Å². The Labute approximate surface area is 98.2 Å². The van der Waals surface area contributed by atoms with E-state index in [1.54, 1.807) is 0 Å². The summed E-state index contributed by atoms with van der Waals surface area (Å²) in [6, 6.07) is 0. The molecule has 0 bridgehead atoms. The summed E-state index contributed by atoms with van der Waals surface area (Å²) in [4.78, 5) is 11.7. The van der Waals surface area contributed by atoms with Crippen molar-refractivity contribution in [3.05, 3.63) is 12.7 Å². The van der Waals surface area contributed by atoms with Crippen molar-refractivity contribution < 1.29 is 9.53 Å². The van der Waals surface area contributed by atoms with Crippen LogP contribution in [0.3, 0.4) is 0 Å². The van der Waals surface area contributed by atoms with Crippen LogP contribution in [0.2, 0.25) is 0 Å². The van der Waals surface area contributed by atoms with Crippen LogP contribution in [0.4, 0.5) is 0 Å². The van der Waals surface area contributed by atoms with E-state index < -0.39 is 5.54 Å². The van der Waals surface area contributed by atoms with Gasteiger partial charge < -0.3 is 10.1 Å². The molecule has 0 spiro atoms. The SMILES string of the molecule is C=C[C@H]1C[C@]1(NCCCCCC)C(=O)OC. The van der Waals surface area contributed by atoms with Crippen LogP contribution >= 0.6 is 0 Å². The van der Waals surface area contributed by atoms with Crippen molar-refractivity contribution in [2.24, 2.45) is 5.92 Å². The van der Waals surface area contributed by atoms with E-state index in [0.717, 1.165) is 19.4 Å². The van der Waals surface area contributed by atoms with Gasteiger partial charge in [-0.3, -0.25) is 4.79 Å². The average Bonchev–Trinajstić information content (AvgIpc) is 3.03. The standard InChI is InChI=1S/C13H23NO2/c1-4-6-7-8-9-14-13(12(15)16-3)10-11(13)5-2/h5,11,14H,2,4,6-10H2,1,3H3/t11-,13+/m0/s1. The van der Waals surface area contributed by atoms with E-state index in [0.29, 0.717) is 0 Å². The Hall–Kier alpha value is -0.830. The van der Waals surface area contributed by atoms with Gasteiger partial charge in [-0.25, -0.2) is 0 Å². The number of methoxy groups -OCH3 is 1. The molecule has 2 atom stereocenters. The fourth-order valence-corrected chi connectivity index (χ4v) is 2.13. The summed E-state index contributed by atoms with van der Waals surface area (Å²) in [6.07, 6.45) is 7.51. The van der Waals surface area contributed by atoms with Crippen LogP contribution in [0.15, 0.2) is 12.7 Å². The highest BCUT2D eigenvalue weighted by Crippen LogP contribution is 2.45. The number of rotatable bonds is 8. The number of hydrogen-bond donors (Lipinski definition) is 1. The molecule has 0 aliphatic heterocycles. The third-order valence-electron chi connectivity index (χ3n) is 3.32. The minimum absolute atomic E-state index is 0.145. The number of carbonyl (C=O) groups excluding carboxylic acids is 1. The predicted molar refractivity (Wildman–Crippen MR) is 65.2 cm³/mol. The smallest absolute Gasteiger partial charge is 0.326 e. The van der Waals surface area contributed by atoms with Gasteiger partial charge in [0, 0.05) is 5.92 Å². The largest absolute Gasteiger partial charge is 0.468 e. The number of nitrogens with one attached hydrogen (secondary N) is 1. The highest BCUT2D eigenvalue weighted by molar-refractivity contribution is 5.85. The molecule has 1 aliphatic carbocycles. The van der Waals surface area contributed by atoms with Crippen molar-refractivity contribution in [2.45, 2.75) is 44.6 Å². The van der Waals surface area contributed by atoms with Crippen LogP contribution in [-0.2, 0) is 9.53 Å². The Morgan fingerprint density at radius 3 is 2.81 bits per heavy atom. The Morgan fingerprint density at radius 2 is 2.31 bits per heavy atom. The van der Waals surface area contributed by atoms with Gasteiger partial charge in [0.05, 0.1) is 7.11 Å². The van der Waals surface area contributed by atoms with Gasteiger partial charge in [-0.2, -0.15) is 0 Å². The molecule has 1 N–H and O–H groups in total. The summed E-state index contributed by atoms with van der Waals surface area (Å²) < 4.78 is 4.84. The summed E-state index contributed by atoms with van der Waals surface area (Å²) in [5.74, 6) is 0.0963. The molecule has 0 heterocycles. The van der Waals surface area contributed by atoms with Crippen LogP contribution in [0, 0.1) is 5.92 Å². The third-order valence-corrected chi connectivity index (χ3v) is 3.32. The molecule has 3 nitrogen and oxygen atoms in total. The lowest BCUT2D eigenvalue weighted by molar-refractivity contribution is -0.144. The molecule has 0 amide bonds. The van der Waals surface area contributed by atoms with Gasteiger partial charge in [0.1, 0.15) is 5.54 Å². The molecule has 1 rings (SSSR count). The van der Waals surface area contributed by atoms with Crippen molar-refractivity contribution in [1.82, 2.24) is 5.32 Å². The van der Waals surface area contributed by atoms with Gasteiger partial charge in [0.2, 0.25) is 0 Å². The Morgan fingerprint density at radius 1 is 1.56 bits per heavy atom. The molecule has 3 heteroatoms. The van der Waals surface area contributed by atoms with Gasteiger partial charge in [-0.15, -0.1) is 6.58 Å². The normalized spacial score (nSPS) is 27.5. The molecule has 1 aliphatic rings. The molecule has 16 heavy (non-hydrogen) atoms. The molecular weight excluding hydrogens is 202 g/mol. The van der Waals surface area contributed by atoms with Crippen LogP contribution < -0.4 is 5.32 Å². The summed E-state index contributed by atoms with van der Waals surface area (Å²) >= 11 is 0. The first-order chi connectivity index (χ1) is 7.71. The van der Waals surface area contributed by atoms with Crippen molar-refractivity contribution in [2.75, 3.05) is 13.7 Å². The van der Waals surface area contributed by atoms with Crippen molar-refractivity contribution in [1.29, 1.82) is 0 Å². The van der Waals surface area contributed by atoms with Crippen LogP contribution in [-0.4, -0.2) is 25.2 Å². The molecular formula is C13H23NO2. The maximum Gasteiger partial charge on any atom is 0.326 e. The highest BCUT2D eigenvalue weighted by atomic mass is 16.5.